The van der Waals surface area contributed by atoms with Crippen molar-refractivity contribution in [1.29, 1.82) is 0 Å². The van der Waals surface area contributed by atoms with Crippen molar-refractivity contribution in [2.45, 2.75) is 31.3 Å². The molecule has 3 aromatic rings. The van der Waals surface area contributed by atoms with E-state index in [0.717, 1.165) is 51.1 Å². The Morgan fingerprint density at radius 1 is 0.879 bits per heavy atom. The Kier molecular flexibility index (Phi) is 7.40. The van der Waals surface area contributed by atoms with E-state index in [2.05, 4.69) is 70.6 Å². The molecule has 0 aliphatic carbocycles. The smallest absolute Gasteiger partial charge is 0.208 e. The number of halogens is 1. The molecule has 33 heavy (non-hydrogen) atoms. The predicted molar refractivity (Wildman–Crippen MR) is 132 cm³/mol. The number of piperazine rings is 1. The molecule has 1 unspecified atom stereocenters. The van der Waals surface area contributed by atoms with E-state index >= 15 is 0 Å². The second-order valence-corrected chi connectivity index (χ2v) is 8.64. The lowest BCUT2D eigenvalue weighted by molar-refractivity contribution is -0.112. The molecule has 172 valence electrons. The number of hydrogen-bond donors (Lipinski definition) is 1. The summed E-state index contributed by atoms with van der Waals surface area (Å²) >= 11 is 0. The van der Waals surface area contributed by atoms with Crippen molar-refractivity contribution in [2.75, 3.05) is 31.1 Å². The minimum Gasteiger partial charge on any atom is -0.369 e. The van der Waals surface area contributed by atoms with Gasteiger partial charge in [-0.05, 0) is 41.8 Å². The largest absolute Gasteiger partial charge is 0.369 e. The fourth-order valence-corrected chi connectivity index (χ4v) is 5.29. The van der Waals surface area contributed by atoms with Gasteiger partial charge in [-0.3, -0.25) is 9.69 Å². The molecule has 1 amide bonds. The summed E-state index contributed by atoms with van der Waals surface area (Å²) in [5.74, 6) is -0.220. The van der Waals surface area contributed by atoms with Crippen molar-refractivity contribution in [1.82, 2.24) is 10.2 Å². The van der Waals surface area contributed by atoms with Crippen LogP contribution in [0, 0.1) is 5.82 Å². The van der Waals surface area contributed by atoms with Crippen LogP contribution in [0.1, 0.15) is 30.9 Å². The molecule has 0 radical (unpaired) electrons. The van der Waals surface area contributed by atoms with Gasteiger partial charge in [0.1, 0.15) is 5.82 Å². The maximum absolute atomic E-state index is 13.4. The zero-order valence-electron chi connectivity index (χ0n) is 19.2. The third-order valence-corrected chi connectivity index (χ3v) is 6.79. The molecule has 3 aromatic carbocycles. The van der Waals surface area contributed by atoms with Crippen LogP contribution in [0.2, 0.25) is 0 Å². The normalized spacial score (nSPS) is 15.8. The lowest BCUT2D eigenvalue weighted by Crippen LogP contribution is -2.63. The molecule has 0 bridgehead atoms. The van der Waals surface area contributed by atoms with Gasteiger partial charge in [-0.15, -0.1) is 0 Å². The van der Waals surface area contributed by atoms with E-state index in [9.17, 15) is 9.18 Å². The quantitative estimate of drug-likeness (QED) is 0.481. The number of benzene rings is 3. The van der Waals surface area contributed by atoms with Crippen molar-refractivity contribution in [2.24, 2.45) is 0 Å². The first-order valence-corrected chi connectivity index (χ1v) is 11.7. The van der Waals surface area contributed by atoms with Crippen LogP contribution in [-0.4, -0.2) is 43.7 Å². The van der Waals surface area contributed by atoms with Crippen molar-refractivity contribution in [3.8, 4) is 0 Å². The second-order valence-electron chi connectivity index (χ2n) is 8.64. The van der Waals surface area contributed by atoms with E-state index in [1.807, 2.05) is 24.3 Å². The predicted octanol–water partition coefficient (Wildman–Crippen LogP) is 4.81. The van der Waals surface area contributed by atoms with Crippen LogP contribution in [0.5, 0.6) is 0 Å². The van der Waals surface area contributed by atoms with Crippen molar-refractivity contribution < 1.29 is 9.18 Å². The lowest BCUT2D eigenvalue weighted by atomic mass is 9.68. The van der Waals surface area contributed by atoms with E-state index in [4.69, 9.17) is 0 Å². The Morgan fingerprint density at radius 2 is 1.42 bits per heavy atom. The summed E-state index contributed by atoms with van der Waals surface area (Å²) in [5, 5.41) is 3.21. The molecule has 1 fully saturated rings. The second kappa shape index (κ2) is 10.6. The summed E-state index contributed by atoms with van der Waals surface area (Å²) < 4.78 is 13.4. The number of nitrogens with zero attached hydrogens (tertiary/aromatic N) is 2. The summed E-state index contributed by atoms with van der Waals surface area (Å²) in [4.78, 5) is 16.6. The maximum atomic E-state index is 13.4. The third kappa shape index (κ3) is 4.79. The number of nitrogens with one attached hydrogen (secondary N) is 1. The van der Waals surface area contributed by atoms with Crippen LogP contribution in [-0.2, 0) is 10.2 Å². The standard InChI is InChI=1S/C28H32FN3O/c1-2-17-28(23-9-5-3-6-10-23,24-11-7-4-8-12-24)27(30-22-33)32-20-18-31(19-21-32)26-15-13-25(29)14-16-26/h3-16,22,27H,2,17-21H2,1H3,(H,30,33). The number of amides is 1. The van der Waals surface area contributed by atoms with Crippen LogP contribution in [0.3, 0.4) is 0 Å². The van der Waals surface area contributed by atoms with E-state index in [1.54, 1.807) is 0 Å². The Balaban J connectivity index is 1.69. The van der Waals surface area contributed by atoms with E-state index in [1.165, 1.54) is 23.3 Å². The summed E-state index contributed by atoms with van der Waals surface area (Å²) in [6.07, 6.45) is 2.55. The summed E-state index contributed by atoms with van der Waals surface area (Å²) in [5.41, 5.74) is 3.06. The average molecular weight is 446 g/mol. The molecular formula is C28H32FN3O. The Labute approximate surface area is 196 Å². The maximum Gasteiger partial charge on any atom is 0.208 e. The molecule has 1 heterocycles. The highest BCUT2D eigenvalue weighted by Crippen LogP contribution is 2.41. The SMILES string of the molecule is CCCC(c1ccccc1)(c1ccccc1)C(NC=O)N1CCN(c2ccc(F)cc2)CC1. The number of carbonyl (C=O) groups is 1. The molecule has 1 atom stereocenters. The van der Waals surface area contributed by atoms with Crippen molar-refractivity contribution >= 4 is 12.1 Å². The lowest BCUT2D eigenvalue weighted by Gasteiger charge is -2.49. The number of rotatable bonds is 9. The van der Waals surface area contributed by atoms with Gasteiger partial charge in [0.2, 0.25) is 6.41 Å². The molecule has 1 aliphatic rings. The molecule has 5 heteroatoms. The molecule has 0 aromatic heterocycles. The van der Waals surface area contributed by atoms with Gasteiger partial charge in [0.25, 0.3) is 0 Å². The topological polar surface area (TPSA) is 35.6 Å². The van der Waals surface area contributed by atoms with Gasteiger partial charge in [-0.25, -0.2) is 4.39 Å². The molecular weight excluding hydrogens is 413 g/mol. The van der Waals surface area contributed by atoms with Gasteiger partial charge >= 0.3 is 0 Å². The third-order valence-electron chi connectivity index (χ3n) is 6.79. The minimum atomic E-state index is -0.379. The van der Waals surface area contributed by atoms with Crippen molar-refractivity contribution in [3.63, 3.8) is 0 Å². The zero-order valence-corrected chi connectivity index (χ0v) is 19.2. The van der Waals surface area contributed by atoms with Gasteiger partial charge in [0.15, 0.2) is 0 Å². The molecule has 1 aliphatic heterocycles. The van der Waals surface area contributed by atoms with E-state index in [-0.39, 0.29) is 17.4 Å². The number of hydrogen-bond acceptors (Lipinski definition) is 3. The molecule has 4 nitrogen and oxygen atoms in total. The molecule has 1 saturated heterocycles. The number of carbonyl (C=O) groups excluding carboxylic acids is 1. The average Bonchev–Trinajstić information content (AvgIpc) is 2.88. The fraction of sp³-hybridized carbons (Fsp3) is 0.321. The van der Waals surface area contributed by atoms with Gasteiger partial charge in [0, 0.05) is 31.9 Å². The van der Waals surface area contributed by atoms with Crippen LogP contribution >= 0.6 is 0 Å². The van der Waals surface area contributed by atoms with Crippen LogP contribution in [0.15, 0.2) is 84.9 Å². The first kappa shape index (κ1) is 23.0. The molecule has 0 saturated carbocycles. The van der Waals surface area contributed by atoms with Gasteiger partial charge in [-0.2, -0.15) is 0 Å². The Bertz CT molecular complexity index is 963. The first-order chi connectivity index (χ1) is 16.2. The highest BCUT2D eigenvalue weighted by atomic mass is 19.1. The van der Waals surface area contributed by atoms with Crippen LogP contribution in [0.4, 0.5) is 10.1 Å². The zero-order chi connectivity index (χ0) is 23.1. The molecule has 4 rings (SSSR count). The van der Waals surface area contributed by atoms with Gasteiger partial charge in [-0.1, -0.05) is 74.0 Å². The molecule has 0 spiro atoms. The molecule has 1 N–H and O–H groups in total. The van der Waals surface area contributed by atoms with Crippen LogP contribution in [0.25, 0.3) is 0 Å². The fourth-order valence-electron chi connectivity index (χ4n) is 5.29. The van der Waals surface area contributed by atoms with E-state index < -0.39 is 0 Å². The van der Waals surface area contributed by atoms with Gasteiger partial charge in [0.05, 0.1) is 11.6 Å². The summed E-state index contributed by atoms with van der Waals surface area (Å²) in [6, 6.07) is 27.8. The highest BCUT2D eigenvalue weighted by Gasteiger charge is 2.45. The van der Waals surface area contributed by atoms with Gasteiger partial charge < -0.3 is 10.2 Å². The highest BCUT2D eigenvalue weighted by molar-refractivity contribution is 5.51. The Hall–Kier alpha value is -3.18. The Morgan fingerprint density at radius 3 is 1.91 bits per heavy atom. The summed E-state index contributed by atoms with van der Waals surface area (Å²) in [7, 11) is 0. The number of anilines is 1. The minimum absolute atomic E-state index is 0.185. The van der Waals surface area contributed by atoms with Crippen LogP contribution < -0.4 is 10.2 Å². The van der Waals surface area contributed by atoms with Crippen molar-refractivity contribution in [3.05, 3.63) is 102 Å². The van der Waals surface area contributed by atoms with E-state index in [0.29, 0.717) is 0 Å². The summed E-state index contributed by atoms with van der Waals surface area (Å²) in [6.45, 7) is 5.43. The first-order valence-electron chi connectivity index (χ1n) is 11.7. The monoisotopic (exact) mass is 445 g/mol.